The zero-order valence-electron chi connectivity index (χ0n) is 16.3. The molecule has 1 saturated heterocycles. The summed E-state index contributed by atoms with van der Waals surface area (Å²) >= 11 is 0. The predicted octanol–water partition coefficient (Wildman–Crippen LogP) is 3.40. The number of amides is 2. The van der Waals surface area contributed by atoms with Crippen molar-refractivity contribution in [3.63, 3.8) is 0 Å². The summed E-state index contributed by atoms with van der Waals surface area (Å²) in [4.78, 5) is 33.3. The molecule has 0 spiro atoms. The highest BCUT2D eigenvalue weighted by Crippen LogP contribution is 2.30. The molecule has 0 radical (unpaired) electrons. The van der Waals surface area contributed by atoms with Gasteiger partial charge in [0.25, 0.3) is 5.91 Å². The SMILES string of the molecule is CN1CC(NC(=O)c2ccc3cc(Oc4ccc(C(F)(F)F)nc4)ccc3n2)CC1=O. The van der Waals surface area contributed by atoms with Crippen LogP contribution in [-0.2, 0) is 11.0 Å². The molecule has 4 rings (SSSR count). The van der Waals surface area contributed by atoms with Gasteiger partial charge in [-0.05, 0) is 36.4 Å². The minimum Gasteiger partial charge on any atom is -0.456 e. The average Bonchev–Trinajstić information content (AvgIpc) is 3.04. The maximum Gasteiger partial charge on any atom is 0.433 e. The van der Waals surface area contributed by atoms with E-state index in [1.54, 1.807) is 42.3 Å². The fourth-order valence-corrected chi connectivity index (χ4v) is 3.26. The van der Waals surface area contributed by atoms with Gasteiger partial charge in [-0.3, -0.25) is 9.59 Å². The third-order valence-electron chi connectivity index (χ3n) is 4.83. The van der Waals surface area contributed by atoms with Gasteiger partial charge in [-0.2, -0.15) is 13.2 Å². The summed E-state index contributed by atoms with van der Waals surface area (Å²) in [5.74, 6) is 0.159. The number of likely N-dealkylation sites (N-methyl/N-ethyl adjacent to an activating group) is 1. The smallest absolute Gasteiger partial charge is 0.433 e. The van der Waals surface area contributed by atoms with Crippen LogP contribution < -0.4 is 10.1 Å². The van der Waals surface area contributed by atoms with Crippen LogP contribution in [0.15, 0.2) is 48.7 Å². The Labute approximate surface area is 174 Å². The van der Waals surface area contributed by atoms with E-state index >= 15 is 0 Å². The van der Waals surface area contributed by atoms with Gasteiger partial charge in [-0.1, -0.05) is 6.07 Å². The monoisotopic (exact) mass is 430 g/mol. The van der Waals surface area contributed by atoms with Crippen molar-refractivity contribution in [3.8, 4) is 11.5 Å². The van der Waals surface area contributed by atoms with Gasteiger partial charge < -0.3 is 15.0 Å². The molecule has 1 aromatic carbocycles. The fourth-order valence-electron chi connectivity index (χ4n) is 3.26. The molecule has 160 valence electrons. The Bertz CT molecular complexity index is 1150. The summed E-state index contributed by atoms with van der Waals surface area (Å²) in [7, 11) is 1.68. The van der Waals surface area contributed by atoms with E-state index in [4.69, 9.17) is 4.74 Å². The zero-order valence-corrected chi connectivity index (χ0v) is 16.3. The number of benzene rings is 1. The van der Waals surface area contributed by atoms with Crippen LogP contribution in [0.25, 0.3) is 10.9 Å². The molecule has 0 aliphatic carbocycles. The number of hydrogen-bond donors (Lipinski definition) is 1. The Morgan fingerprint density at radius 2 is 1.94 bits per heavy atom. The highest BCUT2D eigenvalue weighted by Gasteiger charge is 2.32. The second-order valence-corrected chi connectivity index (χ2v) is 7.18. The molecule has 1 aliphatic rings. The Morgan fingerprint density at radius 3 is 2.58 bits per heavy atom. The number of halogens is 3. The summed E-state index contributed by atoms with van der Waals surface area (Å²) in [6.45, 7) is 0.456. The number of nitrogens with zero attached hydrogens (tertiary/aromatic N) is 3. The summed E-state index contributed by atoms with van der Waals surface area (Å²) in [6.07, 6.45) is -3.25. The Hall–Kier alpha value is -3.69. The Balaban J connectivity index is 1.46. The van der Waals surface area contributed by atoms with Crippen molar-refractivity contribution < 1.29 is 27.5 Å². The van der Waals surface area contributed by atoms with Crippen LogP contribution in [0.1, 0.15) is 22.6 Å². The van der Waals surface area contributed by atoms with Crippen LogP contribution in [0.2, 0.25) is 0 Å². The molecule has 2 amide bonds. The van der Waals surface area contributed by atoms with Gasteiger partial charge in [-0.15, -0.1) is 0 Å². The van der Waals surface area contributed by atoms with Crippen LogP contribution in [0.5, 0.6) is 11.5 Å². The average molecular weight is 430 g/mol. The van der Waals surface area contributed by atoms with Crippen LogP contribution in [-0.4, -0.2) is 46.3 Å². The molecular weight excluding hydrogens is 413 g/mol. The number of carbonyl (C=O) groups excluding carboxylic acids is 2. The van der Waals surface area contributed by atoms with Crippen molar-refractivity contribution in [2.24, 2.45) is 0 Å². The third kappa shape index (κ3) is 4.57. The lowest BCUT2D eigenvalue weighted by Crippen LogP contribution is -2.36. The third-order valence-corrected chi connectivity index (χ3v) is 4.83. The highest BCUT2D eigenvalue weighted by atomic mass is 19.4. The molecule has 31 heavy (non-hydrogen) atoms. The lowest BCUT2D eigenvalue weighted by Gasteiger charge is -2.12. The van der Waals surface area contributed by atoms with E-state index in [1.807, 2.05) is 0 Å². The number of rotatable bonds is 4. The molecule has 0 saturated carbocycles. The molecule has 0 bridgehead atoms. The number of fused-ring (bicyclic) bond motifs is 1. The first kappa shape index (κ1) is 20.6. The summed E-state index contributed by atoms with van der Waals surface area (Å²) in [6, 6.07) is 9.94. The molecule has 3 heterocycles. The molecule has 3 aromatic rings. The van der Waals surface area contributed by atoms with Gasteiger partial charge in [0.1, 0.15) is 22.9 Å². The van der Waals surface area contributed by atoms with Crippen molar-refractivity contribution in [2.45, 2.75) is 18.6 Å². The van der Waals surface area contributed by atoms with Crippen molar-refractivity contribution in [3.05, 3.63) is 60.0 Å². The molecule has 1 atom stereocenters. The van der Waals surface area contributed by atoms with Gasteiger partial charge in [0.2, 0.25) is 5.91 Å². The molecule has 2 aromatic heterocycles. The van der Waals surface area contributed by atoms with Crippen LogP contribution in [0.4, 0.5) is 13.2 Å². The summed E-state index contributed by atoms with van der Waals surface area (Å²) in [5.41, 5.74) is -0.234. The van der Waals surface area contributed by atoms with Gasteiger partial charge in [-0.25, -0.2) is 9.97 Å². The number of alkyl halides is 3. The number of likely N-dealkylation sites (tertiary alicyclic amines) is 1. The second kappa shape index (κ2) is 7.86. The largest absolute Gasteiger partial charge is 0.456 e. The first-order chi connectivity index (χ1) is 14.7. The van der Waals surface area contributed by atoms with E-state index in [0.717, 1.165) is 12.3 Å². The van der Waals surface area contributed by atoms with E-state index < -0.39 is 11.9 Å². The van der Waals surface area contributed by atoms with E-state index in [1.165, 1.54) is 6.07 Å². The quantitative estimate of drug-likeness (QED) is 0.686. The van der Waals surface area contributed by atoms with E-state index in [9.17, 15) is 22.8 Å². The minimum absolute atomic E-state index is 0.0208. The predicted molar refractivity (Wildman–Crippen MR) is 105 cm³/mol. The van der Waals surface area contributed by atoms with Crippen LogP contribution >= 0.6 is 0 Å². The summed E-state index contributed by atoms with van der Waals surface area (Å²) in [5, 5.41) is 3.49. The van der Waals surface area contributed by atoms with Gasteiger partial charge >= 0.3 is 6.18 Å². The van der Waals surface area contributed by atoms with E-state index in [0.29, 0.717) is 23.2 Å². The molecule has 1 unspecified atom stereocenters. The Morgan fingerprint density at radius 1 is 1.16 bits per heavy atom. The second-order valence-electron chi connectivity index (χ2n) is 7.18. The molecular formula is C21H17F3N4O3. The minimum atomic E-state index is -4.51. The number of carbonyl (C=O) groups is 2. The first-order valence-electron chi connectivity index (χ1n) is 9.36. The lowest BCUT2D eigenvalue weighted by molar-refractivity contribution is -0.141. The highest BCUT2D eigenvalue weighted by molar-refractivity contribution is 5.95. The fraction of sp³-hybridized carbons (Fsp3) is 0.238. The topological polar surface area (TPSA) is 84.4 Å². The van der Waals surface area contributed by atoms with Gasteiger partial charge in [0.15, 0.2) is 0 Å². The molecule has 10 heteroatoms. The molecule has 7 nitrogen and oxygen atoms in total. The standard InChI is InChI=1S/C21H17F3N4O3/c1-28-11-13(9-19(28)29)26-20(30)17-5-2-12-8-14(3-6-16(12)27-17)31-15-4-7-18(25-10-15)21(22,23)24/h2-8,10,13H,9,11H2,1H3,(H,26,30). The first-order valence-corrected chi connectivity index (χ1v) is 9.36. The van der Waals surface area contributed by atoms with Crippen LogP contribution in [0.3, 0.4) is 0 Å². The lowest BCUT2D eigenvalue weighted by atomic mass is 10.2. The van der Waals surface area contributed by atoms with Crippen molar-refractivity contribution >= 4 is 22.7 Å². The number of ether oxygens (including phenoxy) is 1. The van der Waals surface area contributed by atoms with Crippen molar-refractivity contribution in [1.82, 2.24) is 20.2 Å². The number of hydrogen-bond acceptors (Lipinski definition) is 5. The van der Waals surface area contributed by atoms with E-state index in [2.05, 4.69) is 15.3 Å². The normalized spacial score (nSPS) is 16.6. The maximum atomic E-state index is 12.6. The van der Waals surface area contributed by atoms with Gasteiger partial charge in [0.05, 0.1) is 17.8 Å². The molecule has 1 N–H and O–H groups in total. The van der Waals surface area contributed by atoms with Crippen LogP contribution in [0, 0.1) is 0 Å². The number of pyridine rings is 2. The summed E-state index contributed by atoms with van der Waals surface area (Å²) < 4.78 is 43.4. The molecule has 1 aliphatic heterocycles. The van der Waals surface area contributed by atoms with Gasteiger partial charge in [0, 0.05) is 25.4 Å². The maximum absolute atomic E-state index is 12.6. The van der Waals surface area contributed by atoms with Crippen molar-refractivity contribution in [1.29, 1.82) is 0 Å². The zero-order chi connectivity index (χ0) is 22.2. The number of nitrogens with one attached hydrogen (secondary N) is 1. The van der Waals surface area contributed by atoms with E-state index in [-0.39, 0.29) is 35.7 Å². The Kier molecular flexibility index (Phi) is 5.22. The van der Waals surface area contributed by atoms with Crippen molar-refractivity contribution in [2.75, 3.05) is 13.6 Å². The molecule has 1 fully saturated rings. The number of aromatic nitrogens is 2.